The standard InChI is InChI=1S/C16H17BrFN7O6S2/c17-11-6-9(3-4-12(11)18)25-14(22-30-16(25)26)13-15(23-31-21-13)32-10-2-1-5-24(7-10)19-8-20-33(27,28)29/h3-4,6,10,19-20H,1-2,5,7-8H2,(H,27,28,29). The van der Waals surface area contributed by atoms with E-state index in [0.29, 0.717) is 23.8 Å². The van der Waals surface area contributed by atoms with E-state index in [1.54, 1.807) is 0 Å². The Labute approximate surface area is 198 Å². The molecule has 2 aromatic heterocycles. The molecule has 1 aliphatic rings. The van der Waals surface area contributed by atoms with E-state index in [1.807, 2.05) is 9.73 Å². The Morgan fingerprint density at radius 1 is 1.33 bits per heavy atom. The number of nitrogens with one attached hydrogen (secondary N) is 2. The van der Waals surface area contributed by atoms with Gasteiger partial charge in [0.1, 0.15) is 5.82 Å². The lowest BCUT2D eigenvalue weighted by Gasteiger charge is -2.32. The maximum Gasteiger partial charge on any atom is 0.446 e. The van der Waals surface area contributed by atoms with Crippen LogP contribution < -0.4 is 15.9 Å². The highest BCUT2D eigenvalue weighted by Crippen LogP contribution is 2.34. The molecule has 1 atom stereocenters. The number of hydrogen-bond acceptors (Lipinski definition) is 11. The van der Waals surface area contributed by atoms with Crippen molar-refractivity contribution in [3.05, 3.63) is 39.0 Å². The number of aromatic nitrogens is 4. The second kappa shape index (κ2) is 10.00. The average Bonchev–Trinajstić information content (AvgIpc) is 3.35. The summed E-state index contributed by atoms with van der Waals surface area (Å²) in [4.78, 5) is 12.3. The van der Waals surface area contributed by atoms with Gasteiger partial charge in [-0.05, 0) is 57.3 Å². The van der Waals surface area contributed by atoms with Gasteiger partial charge in [0.2, 0.25) is 5.82 Å². The average molecular weight is 566 g/mol. The van der Waals surface area contributed by atoms with E-state index in [2.05, 4.69) is 36.8 Å². The molecule has 3 N–H and O–H groups in total. The van der Waals surface area contributed by atoms with Gasteiger partial charge in [0.05, 0.1) is 16.8 Å². The van der Waals surface area contributed by atoms with Crippen LogP contribution in [0.3, 0.4) is 0 Å². The third-order valence-electron chi connectivity index (χ3n) is 4.65. The highest BCUT2D eigenvalue weighted by molar-refractivity contribution is 9.10. The van der Waals surface area contributed by atoms with Gasteiger partial charge < -0.3 is 0 Å². The van der Waals surface area contributed by atoms with Crippen LogP contribution in [0, 0.1) is 5.82 Å². The second-order valence-corrected chi connectivity index (χ2v) is 10.3. The van der Waals surface area contributed by atoms with Crippen molar-refractivity contribution >= 4 is 38.0 Å². The van der Waals surface area contributed by atoms with Crippen LogP contribution in [0.1, 0.15) is 12.8 Å². The molecule has 178 valence electrons. The Morgan fingerprint density at radius 2 is 2.15 bits per heavy atom. The van der Waals surface area contributed by atoms with Crippen molar-refractivity contribution in [3.8, 4) is 17.2 Å². The number of thioether (sulfide) groups is 1. The van der Waals surface area contributed by atoms with E-state index < -0.39 is 21.9 Å². The molecule has 1 saturated heterocycles. The van der Waals surface area contributed by atoms with Crippen molar-refractivity contribution in [1.82, 2.24) is 35.2 Å². The zero-order valence-corrected chi connectivity index (χ0v) is 19.9. The fourth-order valence-corrected chi connectivity index (χ4v) is 5.00. The zero-order valence-electron chi connectivity index (χ0n) is 16.6. The molecule has 0 amide bonds. The molecular weight excluding hydrogens is 549 g/mol. The molecule has 4 rings (SSSR count). The van der Waals surface area contributed by atoms with Crippen molar-refractivity contribution in [1.29, 1.82) is 0 Å². The molecule has 1 aromatic carbocycles. The number of halogens is 2. The fraction of sp³-hybridized carbons (Fsp3) is 0.375. The smallest absolute Gasteiger partial charge is 0.295 e. The van der Waals surface area contributed by atoms with Crippen molar-refractivity contribution in [3.63, 3.8) is 0 Å². The third-order valence-corrected chi connectivity index (χ3v) is 6.98. The summed E-state index contributed by atoms with van der Waals surface area (Å²) in [5.74, 6) is -1.24. The molecule has 33 heavy (non-hydrogen) atoms. The Morgan fingerprint density at radius 3 is 2.91 bits per heavy atom. The molecule has 3 aromatic rings. The predicted octanol–water partition coefficient (Wildman–Crippen LogP) is 1.19. The Balaban J connectivity index is 1.51. The SMILES string of the molecule is O=c1onc(-c2nonc2SC2CCCN(NCNS(=O)(=O)O)C2)n1-c1ccc(F)c(Br)c1. The maximum atomic E-state index is 13.6. The van der Waals surface area contributed by atoms with Gasteiger partial charge in [-0.25, -0.2) is 28.8 Å². The highest BCUT2D eigenvalue weighted by Gasteiger charge is 2.28. The molecule has 1 fully saturated rings. The lowest BCUT2D eigenvalue weighted by atomic mass is 10.1. The van der Waals surface area contributed by atoms with Crippen molar-refractivity contribution in [2.24, 2.45) is 0 Å². The van der Waals surface area contributed by atoms with Gasteiger partial charge in [0.15, 0.2) is 10.7 Å². The first-order chi connectivity index (χ1) is 15.7. The molecule has 1 aliphatic heterocycles. The monoisotopic (exact) mass is 565 g/mol. The van der Waals surface area contributed by atoms with E-state index in [4.69, 9.17) is 13.7 Å². The third kappa shape index (κ3) is 5.86. The Bertz CT molecular complexity index is 1300. The van der Waals surface area contributed by atoms with Crippen LogP contribution in [0.5, 0.6) is 0 Å². The lowest BCUT2D eigenvalue weighted by molar-refractivity contribution is 0.157. The summed E-state index contributed by atoms with van der Waals surface area (Å²) in [7, 11) is -4.29. The number of rotatable bonds is 8. The van der Waals surface area contributed by atoms with Gasteiger partial charge in [-0.2, -0.15) is 13.1 Å². The summed E-state index contributed by atoms with van der Waals surface area (Å²) in [6, 6.07) is 4.00. The van der Waals surface area contributed by atoms with Gasteiger partial charge >= 0.3 is 16.1 Å². The van der Waals surface area contributed by atoms with E-state index in [1.165, 1.54) is 30.0 Å². The molecule has 3 heterocycles. The second-order valence-electron chi connectivity index (χ2n) is 6.91. The van der Waals surface area contributed by atoms with Crippen LogP contribution in [0.2, 0.25) is 0 Å². The first kappa shape index (κ1) is 24.0. The first-order valence-corrected chi connectivity index (χ1v) is 12.6. The molecule has 0 bridgehead atoms. The number of benzene rings is 1. The minimum Gasteiger partial charge on any atom is -0.295 e. The minimum atomic E-state index is -4.29. The molecule has 1 unspecified atom stereocenters. The van der Waals surface area contributed by atoms with Crippen molar-refractivity contribution < 1.29 is 26.5 Å². The first-order valence-electron chi connectivity index (χ1n) is 9.45. The molecule has 0 spiro atoms. The van der Waals surface area contributed by atoms with Crippen LogP contribution in [0.25, 0.3) is 17.2 Å². The minimum absolute atomic E-state index is 0.0228. The van der Waals surface area contributed by atoms with E-state index in [0.717, 1.165) is 17.4 Å². The van der Waals surface area contributed by atoms with Crippen LogP contribution in [0.4, 0.5) is 4.39 Å². The van der Waals surface area contributed by atoms with Crippen molar-refractivity contribution in [2.75, 3.05) is 19.8 Å². The van der Waals surface area contributed by atoms with Gasteiger partial charge in [0, 0.05) is 18.3 Å². The van der Waals surface area contributed by atoms with Gasteiger partial charge in [-0.1, -0.05) is 16.9 Å². The number of hydrogen-bond donors (Lipinski definition) is 3. The van der Waals surface area contributed by atoms with Gasteiger partial charge in [-0.3, -0.25) is 9.08 Å². The molecule has 0 aliphatic carbocycles. The van der Waals surface area contributed by atoms with Crippen LogP contribution in [-0.2, 0) is 10.3 Å². The quantitative estimate of drug-likeness (QED) is 0.264. The number of hydrazine groups is 1. The lowest BCUT2D eigenvalue weighted by Crippen LogP contribution is -2.49. The van der Waals surface area contributed by atoms with Crippen LogP contribution >= 0.6 is 27.7 Å². The van der Waals surface area contributed by atoms with Gasteiger partial charge in [-0.15, -0.1) is 0 Å². The van der Waals surface area contributed by atoms with Crippen LogP contribution in [-0.4, -0.2) is 63.0 Å². The number of nitrogens with zero attached hydrogens (tertiary/aromatic N) is 5. The summed E-state index contributed by atoms with van der Waals surface area (Å²) in [6.45, 7) is 1.04. The number of piperidine rings is 1. The van der Waals surface area contributed by atoms with E-state index in [-0.39, 0.29) is 27.9 Å². The summed E-state index contributed by atoms with van der Waals surface area (Å²) in [6.07, 6.45) is 1.65. The molecule has 17 heteroatoms. The Hall–Kier alpha value is -2.15. The highest BCUT2D eigenvalue weighted by atomic mass is 79.9. The zero-order chi connectivity index (χ0) is 23.6. The van der Waals surface area contributed by atoms with E-state index in [9.17, 15) is 17.6 Å². The summed E-state index contributed by atoms with van der Waals surface area (Å²) >= 11 is 4.44. The molecular formula is C16H17BrFN7O6S2. The molecule has 0 saturated carbocycles. The normalized spacial score (nSPS) is 17.5. The summed E-state index contributed by atoms with van der Waals surface area (Å²) < 4.78 is 56.9. The topological polar surface area (TPSA) is 169 Å². The summed E-state index contributed by atoms with van der Waals surface area (Å²) in [5.41, 5.74) is 3.37. The molecule has 13 nitrogen and oxygen atoms in total. The van der Waals surface area contributed by atoms with E-state index >= 15 is 0 Å². The fourth-order valence-electron chi connectivity index (χ4n) is 3.22. The summed E-state index contributed by atoms with van der Waals surface area (Å²) in [5, 5.41) is 13.8. The van der Waals surface area contributed by atoms with Crippen molar-refractivity contribution in [2.45, 2.75) is 23.1 Å². The largest absolute Gasteiger partial charge is 0.446 e. The maximum absolute atomic E-state index is 13.6. The molecule has 0 radical (unpaired) electrons. The predicted molar refractivity (Wildman–Crippen MR) is 116 cm³/mol. The Kier molecular flexibility index (Phi) is 7.27. The van der Waals surface area contributed by atoms with Crippen LogP contribution in [0.15, 0.2) is 41.6 Å². The van der Waals surface area contributed by atoms with Gasteiger partial charge in [0.25, 0.3) is 0 Å².